The summed E-state index contributed by atoms with van der Waals surface area (Å²) in [5.74, 6) is 0.519. The number of hydrogen-bond acceptors (Lipinski definition) is 4. The molecule has 0 aromatic heterocycles. The zero-order valence-electron chi connectivity index (χ0n) is 12.4. The van der Waals surface area contributed by atoms with Crippen molar-refractivity contribution in [3.05, 3.63) is 0 Å². The second kappa shape index (κ2) is 8.52. The number of nitrogens with zero attached hydrogens (tertiary/aromatic N) is 1. The molecule has 1 aliphatic heterocycles. The quantitative estimate of drug-likeness (QED) is 0.743. The molecule has 20 heavy (non-hydrogen) atoms. The highest BCUT2D eigenvalue weighted by molar-refractivity contribution is 7.98. The highest BCUT2D eigenvalue weighted by Crippen LogP contribution is 2.26. The molecule has 1 rings (SSSR count). The molecule has 5 nitrogen and oxygen atoms in total. The van der Waals surface area contributed by atoms with Crippen molar-refractivity contribution in [1.29, 1.82) is 0 Å². The van der Waals surface area contributed by atoms with E-state index in [0.29, 0.717) is 13.0 Å². The van der Waals surface area contributed by atoms with Crippen molar-refractivity contribution in [2.24, 2.45) is 17.6 Å². The van der Waals surface area contributed by atoms with E-state index in [9.17, 15) is 9.59 Å². The summed E-state index contributed by atoms with van der Waals surface area (Å²) in [6, 6.07) is -0.420. The molecule has 116 valence electrons. The van der Waals surface area contributed by atoms with E-state index in [2.05, 4.69) is 0 Å². The van der Waals surface area contributed by atoms with E-state index in [1.54, 1.807) is 11.8 Å². The zero-order chi connectivity index (χ0) is 15.1. The van der Waals surface area contributed by atoms with Crippen molar-refractivity contribution in [2.75, 3.05) is 25.1 Å². The molecule has 0 saturated carbocycles. The Bertz CT molecular complexity index is 338. The van der Waals surface area contributed by atoms with Crippen LogP contribution in [0.15, 0.2) is 0 Å². The van der Waals surface area contributed by atoms with Gasteiger partial charge in [-0.3, -0.25) is 9.59 Å². The molecule has 1 amide bonds. The third-order valence-corrected chi connectivity index (χ3v) is 4.66. The molecule has 6 heteroatoms. The summed E-state index contributed by atoms with van der Waals surface area (Å²) in [7, 11) is 0. The van der Waals surface area contributed by atoms with E-state index < -0.39 is 12.0 Å². The topological polar surface area (TPSA) is 83.6 Å². The van der Waals surface area contributed by atoms with Crippen LogP contribution < -0.4 is 5.73 Å². The maximum absolute atomic E-state index is 12.3. The lowest BCUT2D eigenvalue weighted by Gasteiger charge is -2.36. The van der Waals surface area contributed by atoms with Gasteiger partial charge in [-0.1, -0.05) is 6.92 Å². The molecule has 3 atom stereocenters. The van der Waals surface area contributed by atoms with Crippen LogP contribution in [0.4, 0.5) is 0 Å². The maximum Gasteiger partial charge on any atom is 0.303 e. The number of likely N-dealkylation sites (tertiary alicyclic amines) is 1. The SMILES string of the molecule is CSCC[C@H](N)C(=O)N1CCCC(C(C)CC(=O)O)C1. The Hall–Kier alpha value is -0.750. The smallest absolute Gasteiger partial charge is 0.303 e. The molecule has 2 unspecified atom stereocenters. The van der Waals surface area contributed by atoms with Gasteiger partial charge in [-0.05, 0) is 43.1 Å². The first kappa shape index (κ1) is 17.3. The van der Waals surface area contributed by atoms with Gasteiger partial charge in [0.1, 0.15) is 0 Å². The Balaban J connectivity index is 2.51. The third-order valence-electron chi connectivity index (χ3n) is 4.02. The van der Waals surface area contributed by atoms with Crippen molar-refractivity contribution >= 4 is 23.6 Å². The van der Waals surface area contributed by atoms with E-state index in [4.69, 9.17) is 10.8 Å². The van der Waals surface area contributed by atoms with Crippen LogP contribution in [0.5, 0.6) is 0 Å². The average molecular weight is 302 g/mol. The third kappa shape index (κ3) is 5.32. The number of carboxylic acids is 1. The molecule has 0 aromatic rings. The fourth-order valence-corrected chi connectivity index (χ4v) is 3.21. The maximum atomic E-state index is 12.3. The highest BCUT2D eigenvalue weighted by Gasteiger charge is 2.30. The molecule has 1 fully saturated rings. The van der Waals surface area contributed by atoms with Gasteiger partial charge >= 0.3 is 5.97 Å². The Morgan fingerprint density at radius 2 is 2.20 bits per heavy atom. The first-order valence-corrected chi connectivity index (χ1v) is 8.60. The van der Waals surface area contributed by atoms with Gasteiger partial charge in [-0.25, -0.2) is 0 Å². The fourth-order valence-electron chi connectivity index (χ4n) is 2.72. The van der Waals surface area contributed by atoms with E-state index in [1.807, 2.05) is 18.1 Å². The lowest BCUT2D eigenvalue weighted by Crippen LogP contribution is -2.49. The fraction of sp³-hybridized carbons (Fsp3) is 0.857. The summed E-state index contributed by atoms with van der Waals surface area (Å²) in [4.78, 5) is 24.9. The summed E-state index contributed by atoms with van der Waals surface area (Å²) < 4.78 is 0. The second-order valence-corrected chi connectivity index (χ2v) is 6.64. The molecule has 0 bridgehead atoms. The van der Waals surface area contributed by atoms with Gasteiger partial charge in [0.25, 0.3) is 0 Å². The van der Waals surface area contributed by atoms with Crippen LogP contribution in [0.25, 0.3) is 0 Å². The molecule has 1 saturated heterocycles. The average Bonchev–Trinajstić information content (AvgIpc) is 2.43. The number of carboxylic acid groups (broad SMARTS) is 1. The number of amides is 1. The number of rotatable bonds is 7. The van der Waals surface area contributed by atoms with Crippen molar-refractivity contribution in [3.63, 3.8) is 0 Å². The highest BCUT2D eigenvalue weighted by atomic mass is 32.2. The summed E-state index contributed by atoms with van der Waals surface area (Å²) in [5, 5.41) is 8.87. The van der Waals surface area contributed by atoms with Crippen molar-refractivity contribution < 1.29 is 14.7 Å². The largest absolute Gasteiger partial charge is 0.481 e. The number of piperidine rings is 1. The van der Waals surface area contributed by atoms with Crippen LogP contribution in [0, 0.1) is 11.8 Å². The van der Waals surface area contributed by atoms with Crippen LogP contribution in [-0.4, -0.2) is 53.0 Å². The Labute approximate surface area is 125 Å². The zero-order valence-corrected chi connectivity index (χ0v) is 13.2. The predicted octanol–water partition coefficient (Wildman–Crippen LogP) is 1.42. The van der Waals surface area contributed by atoms with E-state index in [-0.39, 0.29) is 24.2 Å². The van der Waals surface area contributed by atoms with Crippen LogP contribution >= 0.6 is 11.8 Å². The van der Waals surface area contributed by atoms with Crippen molar-refractivity contribution in [3.8, 4) is 0 Å². The van der Waals surface area contributed by atoms with Crippen molar-refractivity contribution in [2.45, 2.75) is 38.6 Å². The van der Waals surface area contributed by atoms with Gasteiger partial charge in [0, 0.05) is 19.5 Å². The minimum atomic E-state index is -0.766. The van der Waals surface area contributed by atoms with E-state index >= 15 is 0 Å². The molecule has 0 aliphatic carbocycles. The van der Waals surface area contributed by atoms with Crippen LogP contribution in [0.3, 0.4) is 0 Å². The van der Waals surface area contributed by atoms with Gasteiger partial charge < -0.3 is 15.7 Å². The lowest BCUT2D eigenvalue weighted by molar-refractivity contribution is -0.138. The first-order chi connectivity index (χ1) is 9.45. The number of aliphatic carboxylic acids is 1. The summed E-state index contributed by atoms with van der Waals surface area (Å²) >= 11 is 1.69. The minimum Gasteiger partial charge on any atom is -0.481 e. The van der Waals surface area contributed by atoms with Crippen LogP contribution in [-0.2, 0) is 9.59 Å². The van der Waals surface area contributed by atoms with E-state index in [0.717, 1.165) is 25.1 Å². The Kier molecular flexibility index (Phi) is 7.37. The number of hydrogen-bond donors (Lipinski definition) is 2. The van der Waals surface area contributed by atoms with Gasteiger partial charge in [0.2, 0.25) is 5.91 Å². The summed E-state index contributed by atoms with van der Waals surface area (Å²) in [6.07, 6.45) is 4.81. The van der Waals surface area contributed by atoms with Gasteiger partial charge in [0.05, 0.1) is 6.04 Å². The monoisotopic (exact) mass is 302 g/mol. The Morgan fingerprint density at radius 1 is 1.50 bits per heavy atom. The molecular weight excluding hydrogens is 276 g/mol. The van der Waals surface area contributed by atoms with Crippen molar-refractivity contribution in [1.82, 2.24) is 4.90 Å². The molecule has 0 aromatic carbocycles. The minimum absolute atomic E-state index is 0.0197. The molecule has 3 N–H and O–H groups in total. The summed E-state index contributed by atoms with van der Waals surface area (Å²) in [6.45, 7) is 3.36. The lowest BCUT2D eigenvalue weighted by atomic mass is 9.84. The number of carbonyl (C=O) groups is 2. The first-order valence-electron chi connectivity index (χ1n) is 7.20. The predicted molar refractivity (Wildman–Crippen MR) is 81.7 cm³/mol. The molecule has 0 radical (unpaired) electrons. The van der Waals surface area contributed by atoms with Gasteiger partial charge in [-0.2, -0.15) is 11.8 Å². The van der Waals surface area contributed by atoms with E-state index in [1.165, 1.54) is 0 Å². The molecule has 1 aliphatic rings. The number of nitrogens with two attached hydrogens (primary N) is 1. The summed E-state index contributed by atoms with van der Waals surface area (Å²) in [5.41, 5.74) is 5.94. The molecule has 1 heterocycles. The van der Waals surface area contributed by atoms with Gasteiger partial charge in [-0.15, -0.1) is 0 Å². The number of thioether (sulfide) groups is 1. The van der Waals surface area contributed by atoms with Crippen LogP contribution in [0.2, 0.25) is 0 Å². The molecule has 0 spiro atoms. The Morgan fingerprint density at radius 3 is 2.80 bits per heavy atom. The van der Waals surface area contributed by atoms with Gasteiger partial charge in [0.15, 0.2) is 0 Å². The molecular formula is C14H26N2O3S. The number of carbonyl (C=O) groups excluding carboxylic acids is 1. The normalized spacial score (nSPS) is 22.4. The second-order valence-electron chi connectivity index (χ2n) is 5.65. The van der Waals surface area contributed by atoms with Crippen LogP contribution in [0.1, 0.15) is 32.6 Å². The standard InChI is InChI=1S/C14H26N2O3S/c1-10(8-13(17)18)11-4-3-6-16(9-11)14(19)12(15)5-7-20-2/h10-12H,3-9,15H2,1-2H3,(H,17,18)/t10?,11?,12-/m0/s1.